The molecular weight excluding hydrogens is 430 g/mol. The first-order chi connectivity index (χ1) is 16.6. The number of guanidine groups is 1. The van der Waals surface area contributed by atoms with Gasteiger partial charge in [-0.1, -0.05) is 12.1 Å². The first kappa shape index (κ1) is 22.4. The Morgan fingerprint density at radius 1 is 0.882 bits per heavy atom. The maximum absolute atomic E-state index is 9.05. The van der Waals surface area contributed by atoms with Crippen LogP contribution < -0.4 is 24.8 Å². The van der Waals surface area contributed by atoms with E-state index in [2.05, 4.69) is 20.6 Å². The third-order valence-electron chi connectivity index (χ3n) is 4.99. The highest BCUT2D eigenvalue weighted by Crippen LogP contribution is 2.37. The van der Waals surface area contributed by atoms with E-state index in [1.807, 2.05) is 73.8 Å². The third kappa shape index (κ3) is 5.16. The van der Waals surface area contributed by atoms with E-state index in [9.17, 15) is 0 Å². The molecule has 0 atom stereocenters. The van der Waals surface area contributed by atoms with Gasteiger partial charge >= 0.3 is 0 Å². The maximum Gasteiger partial charge on any atom is 0.216 e. The SMILES string of the molecule is COc1cc2nccc(Oc3ccc(N/C(=N/C#N)Nc4cccc(C)c4)cc3)c2cc1OC. The van der Waals surface area contributed by atoms with Crippen LogP contribution in [-0.2, 0) is 0 Å². The summed E-state index contributed by atoms with van der Waals surface area (Å²) in [4.78, 5) is 8.24. The molecule has 8 nitrogen and oxygen atoms in total. The largest absolute Gasteiger partial charge is 0.493 e. The van der Waals surface area contributed by atoms with Gasteiger partial charge in [0.1, 0.15) is 11.5 Å². The number of nitrogens with one attached hydrogen (secondary N) is 2. The molecule has 0 fully saturated rings. The van der Waals surface area contributed by atoms with Gasteiger partial charge in [-0.25, -0.2) is 0 Å². The number of fused-ring (bicyclic) bond motifs is 1. The Labute approximate surface area is 197 Å². The highest BCUT2D eigenvalue weighted by Gasteiger charge is 2.11. The van der Waals surface area contributed by atoms with Crippen LogP contribution in [0.4, 0.5) is 11.4 Å². The first-order valence-corrected chi connectivity index (χ1v) is 10.5. The van der Waals surface area contributed by atoms with Crippen LogP contribution in [0, 0.1) is 18.4 Å². The zero-order chi connectivity index (χ0) is 23.9. The number of aromatic nitrogens is 1. The van der Waals surface area contributed by atoms with E-state index in [4.69, 9.17) is 19.5 Å². The quantitative estimate of drug-likeness (QED) is 0.219. The average molecular weight is 454 g/mol. The van der Waals surface area contributed by atoms with Crippen molar-refractivity contribution in [1.82, 2.24) is 4.98 Å². The standard InChI is InChI=1S/C26H23N5O3/c1-17-5-4-6-19(13-17)31-26(29-16-27)30-18-7-9-20(10-8-18)34-23-11-12-28-22-15-25(33-3)24(32-2)14-21(22)23/h4-15H,1-3H3,(H2,29,30,31). The van der Waals surface area contributed by atoms with Gasteiger partial charge in [-0.2, -0.15) is 5.26 Å². The summed E-state index contributed by atoms with van der Waals surface area (Å²) < 4.78 is 16.9. The molecule has 0 saturated heterocycles. The fourth-order valence-electron chi connectivity index (χ4n) is 3.40. The lowest BCUT2D eigenvalue weighted by Gasteiger charge is -2.13. The van der Waals surface area contributed by atoms with Crippen LogP contribution in [0.15, 0.2) is 77.9 Å². The molecule has 1 aromatic heterocycles. The van der Waals surface area contributed by atoms with Gasteiger partial charge in [-0.05, 0) is 61.0 Å². The monoisotopic (exact) mass is 453 g/mol. The van der Waals surface area contributed by atoms with Crippen LogP contribution in [0.2, 0.25) is 0 Å². The number of aliphatic imine (C=N–C) groups is 1. The number of hydrogen-bond donors (Lipinski definition) is 2. The molecule has 0 spiro atoms. The second-order valence-electron chi connectivity index (χ2n) is 7.34. The summed E-state index contributed by atoms with van der Waals surface area (Å²) >= 11 is 0. The molecule has 0 unspecified atom stereocenters. The molecule has 3 aromatic carbocycles. The van der Waals surface area contributed by atoms with Gasteiger partial charge in [-0.3, -0.25) is 4.98 Å². The lowest BCUT2D eigenvalue weighted by molar-refractivity contribution is 0.355. The molecule has 0 aliphatic carbocycles. The van der Waals surface area contributed by atoms with E-state index in [0.29, 0.717) is 29.0 Å². The van der Waals surface area contributed by atoms with Gasteiger partial charge in [0.2, 0.25) is 12.2 Å². The molecule has 0 aliphatic rings. The minimum absolute atomic E-state index is 0.322. The minimum Gasteiger partial charge on any atom is -0.493 e. The van der Waals surface area contributed by atoms with E-state index < -0.39 is 0 Å². The summed E-state index contributed by atoms with van der Waals surface area (Å²) in [6.07, 6.45) is 3.50. The summed E-state index contributed by atoms with van der Waals surface area (Å²) in [7, 11) is 3.17. The fraction of sp³-hybridized carbons (Fsp3) is 0.115. The number of ether oxygens (including phenoxy) is 3. The van der Waals surface area contributed by atoms with Crippen molar-refractivity contribution in [3.63, 3.8) is 0 Å². The van der Waals surface area contributed by atoms with Crippen molar-refractivity contribution in [1.29, 1.82) is 5.26 Å². The summed E-state index contributed by atoms with van der Waals surface area (Å²) in [5.41, 5.74) is 3.40. The smallest absolute Gasteiger partial charge is 0.216 e. The Morgan fingerprint density at radius 2 is 1.62 bits per heavy atom. The van der Waals surface area contributed by atoms with E-state index in [0.717, 1.165) is 27.8 Å². The maximum atomic E-state index is 9.05. The highest BCUT2D eigenvalue weighted by molar-refractivity contribution is 6.04. The van der Waals surface area contributed by atoms with E-state index >= 15 is 0 Å². The van der Waals surface area contributed by atoms with E-state index in [1.165, 1.54) is 0 Å². The normalized spacial score (nSPS) is 10.9. The summed E-state index contributed by atoms with van der Waals surface area (Å²) in [6, 6.07) is 20.6. The molecule has 170 valence electrons. The number of nitriles is 1. The molecule has 8 heteroatoms. The molecule has 1 heterocycles. The first-order valence-electron chi connectivity index (χ1n) is 10.5. The molecular formula is C26H23N5O3. The number of anilines is 2. The molecule has 4 aromatic rings. The number of nitrogens with zero attached hydrogens (tertiary/aromatic N) is 3. The van der Waals surface area contributed by atoms with Gasteiger partial charge in [0.15, 0.2) is 11.5 Å². The predicted octanol–water partition coefficient (Wildman–Crippen LogP) is 5.71. The second-order valence-corrected chi connectivity index (χ2v) is 7.34. The van der Waals surface area contributed by atoms with Crippen LogP contribution in [0.3, 0.4) is 0 Å². The minimum atomic E-state index is 0.322. The summed E-state index contributed by atoms with van der Waals surface area (Å²) in [5, 5.41) is 16.1. The topological polar surface area (TPSA) is 101 Å². The summed E-state index contributed by atoms with van der Waals surface area (Å²) in [6.45, 7) is 2.00. The van der Waals surface area contributed by atoms with Crippen molar-refractivity contribution in [2.24, 2.45) is 4.99 Å². The lowest BCUT2D eigenvalue weighted by atomic mass is 10.2. The lowest BCUT2D eigenvalue weighted by Crippen LogP contribution is -2.21. The van der Waals surface area contributed by atoms with Gasteiger partial charge in [0, 0.05) is 29.0 Å². The Hall–Kier alpha value is -4.77. The second kappa shape index (κ2) is 10.2. The average Bonchev–Trinajstić information content (AvgIpc) is 2.84. The van der Waals surface area contributed by atoms with Gasteiger partial charge in [0.05, 0.1) is 19.7 Å². The zero-order valence-electron chi connectivity index (χ0n) is 19.0. The molecule has 2 N–H and O–H groups in total. The third-order valence-corrected chi connectivity index (χ3v) is 4.99. The number of hydrogen-bond acceptors (Lipinski definition) is 6. The van der Waals surface area contributed by atoms with E-state index in [1.54, 1.807) is 26.5 Å². The number of benzene rings is 3. The number of aryl methyl sites for hydroxylation is 1. The van der Waals surface area contributed by atoms with Crippen LogP contribution in [-0.4, -0.2) is 25.2 Å². The van der Waals surface area contributed by atoms with Crippen molar-refractivity contribution in [3.05, 3.63) is 78.5 Å². The number of methoxy groups -OCH3 is 2. The molecule has 34 heavy (non-hydrogen) atoms. The Kier molecular flexibility index (Phi) is 6.75. The molecule has 0 saturated carbocycles. The van der Waals surface area contributed by atoms with Crippen LogP contribution >= 0.6 is 0 Å². The zero-order valence-corrected chi connectivity index (χ0v) is 19.0. The molecule has 0 radical (unpaired) electrons. The van der Waals surface area contributed by atoms with Crippen molar-refractivity contribution in [3.8, 4) is 29.2 Å². The highest BCUT2D eigenvalue weighted by atomic mass is 16.5. The van der Waals surface area contributed by atoms with Crippen molar-refractivity contribution in [2.75, 3.05) is 24.9 Å². The summed E-state index contributed by atoms with van der Waals surface area (Å²) in [5.74, 6) is 2.79. The fourth-order valence-corrected chi connectivity index (χ4v) is 3.40. The number of rotatable bonds is 6. The Balaban J connectivity index is 1.52. The molecule has 4 rings (SSSR count). The van der Waals surface area contributed by atoms with Gasteiger partial charge in [-0.15, -0.1) is 4.99 Å². The number of pyridine rings is 1. The van der Waals surface area contributed by atoms with Crippen LogP contribution in [0.5, 0.6) is 23.0 Å². The molecule has 0 aliphatic heterocycles. The Morgan fingerprint density at radius 3 is 2.32 bits per heavy atom. The van der Waals surface area contributed by atoms with E-state index in [-0.39, 0.29) is 0 Å². The van der Waals surface area contributed by atoms with Gasteiger partial charge < -0.3 is 24.8 Å². The molecule has 0 bridgehead atoms. The van der Waals surface area contributed by atoms with Crippen LogP contribution in [0.1, 0.15) is 5.56 Å². The Bertz CT molecular complexity index is 1380. The van der Waals surface area contributed by atoms with Crippen LogP contribution in [0.25, 0.3) is 10.9 Å². The predicted molar refractivity (Wildman–Crippen MR) is 133 cm³/mol. The van der Waals surface area contributed by atoms with Crippen molar-refractivity contribution in [2.45, 2.75) is 6.92 Å². The van der Waals surface area contributed by atoms with Gasteiger partial charge in [0.25, 0.3) is 0 Å². The van der Waals surface area contributed by atoms with Crippen molar-refractivity contribution >= 4 is 28.2 Å². The molecule has 0 amide bonds. The van der Waals surface area contributed by atoms with Crippen molar-refractivity contribution < 1.29 is 14.2 Å².